The molecule has 42 heavy (non-hydrogen) atoms. The SMILES string of the molecule is CCCCCCCCCCCC(=O)N(CCN1CCOCC1)[C@@H]1C=C(C(=O)NCCO)[C@@H]2c3ccccc3O[C@@H]2[C@H]1O. The van der Waals surface area contributed by atoms with Gasteiger partial charge >= 0.3 is 0 Å². The summed E-state index contributed by atoms with van der Waals surface area (Å²) in [5, 5.41) is 23.8. The molecule has 9 nitrogen and oxygen atoms in total. The number of rotatable bonds is 17. The van der Waals surface area contributed by atoms with Crippen LogP contribution in [0, 0.1) is 0 Å². The van der Waals surface area contributed by atoms with Gasteiger partial charge in [-0.05, 0) is 18.6 Å². The molecule has 1 aromatic rings. The number of nitrogens with zero attached hydrogens (tertiary/aromatic N) is 2. The van der Waals surface area contributed by atoms with Gasteiger partial charge < -0.3 is 29.9 Å². The number of morpholine rings is 1. The third-order valence-electron chi connectivity index (χ3n) is 8.81. The van der Waals surface area contributed by atoms with Crippen molar-refractivity contribution in [2.24, 2.45) is 0 Å². The zero-order valence-electron chi connectivity index (χ0n) is 25.3. The monoisotopic (exact) mass is 585 g/mol. The number of fused-ring (bicyclic) bond motifs is 3. The summed E-state index contributed by atoms with van der Waals surface area (Å²) in [5.74, 6) is -0.111. The Labute approximate surface area is 251 Å². The van der Waals surface area contributed by atoms with E-state index in [4.69, 9.17) is 9.47 Å². The molecule has 3 N–H and O–H groups in total. The molecule has 2 aliphatic heterocycles. The van der Waals surface area contributed by atoms with Crippen molar-refractivity contribution in [3.63, 3.8) is 0 Å². The van der Waals surface area contributed by atoms with Crippen molar-refractivity contribution in [1.29, 1.82) is 0 Å². The predicted octanol–water partition coefficient (Wildman–Crippen LogP) is 3.39. The maximum atomic E-state index is 13.8. The number of carbonyl (C=O) groups excluding carboxylic acids is 2. The molecule has 0 bridgehead atoms. The summed E-state index contributed by atoms with van der Waals surface area (Å²) in [6.07, 6.45) is 11.1. The van der Waals surface area contributed by atoms with E-state index in [-0.39, 0.29) is 25.0 Å². The van der Waals surface area contributed by atoms with Crippen molar-refractivity contribution in [3.8, 4) is 5.75 Å². The predicted molar refractivity (Wildman–Crippen MR) is 162 cm³/mol. The molecule has 4 rings (SSSR count). The van der Waals surface area contributed by atoms with Gasteiger partial charge in [0.1, 0.15) is 18.0 Å². The number of amides is 2. The van der Waals surface area contributed by atoms with Gasteiger partial charge in [-0.15, -0.1) is 0 Å². The Hall–Kier alpha value is -2.46. The van der Waals surface area contributed by atoms with Crippen molar-refractivity contribution in [2.45, 2.75) is 95.3 Å². The van der Waals surface area contributed by atoms with E-state index in [0.717, 1.165) is 37.9 Å². The fourth-order valence-corrected chi connectivity index (χ4v) is 6.44. The number of benzene rings is 1. The highest BCUT2D eigenvalue weighted by Crippen LogP contribution is 2.47. The standard InChI is InChI=1S/C33H51N3O6/c1-2-3-4-5-6-7-8-9-10-15-29(38)36(18-17-35-19-22-41-23-20-35)27-24-26(33(40)34-16-21-37)30-25-13-11-12-14-28(25)42-32(30)31(27)39/h11-14,24,27,30-32,37,39H,2-10,15-23H2,1H3,(H,34,40)/t27-,30+,31+,32+/m1/s1. The van der Waals surface area contributed by atoms with Gasteiger partial charge in [-0.2, -0.15) is 0 Å². The van der Waals surface area contributed by atoms with E-state index in [2.05, 4.69) is 17.1 Å². The number of para-hydroxylation sites is 1. The number of aliphatic hydroxyl groups excluding tert-OH is 2. The Kier molecular flexibility index (Phi) is 13.1. The largest absolute Gasteiger partial charge is 0.486 e. The first-order chi connectivity index (χ1) is 20.5. The zero-order valence-corrected chi connectivity index (χ0v) is 25.3. The zero-order chi connectivity index (χ0) is 29.7. The highest BCUT2D eigenvalue weighted by molar-refractivity contribution is 5.96. The number of aliphatic hydroxyl groups is 2. The molecule has 4 atom stereocenters. The lowest BCUT2D eigenvalue weighted by atomic mass is 9.77. The normalized spacial score (nSPS) is 23.5. The van der Waals surface area contributed by atoms with Gasteiger partial charge in [0.05, 0.1) is 31.8 Å². The topological polar surface area (TPSA) is 112 Å². The highest BCUT2D eigenvalue weighted by atomic mass is 16.5. The van der Waals surface area contributed by atoms with Crippen LogP contribution in [0.2, 0.25) is 0 Å². The molecule has 0 aromatic heterocycles. The molecular formula is C33H51N3O6. The highest BCUT2D eigenvalue weighted by Gasteiger charge is 2.50. The van der Waals surface area contributed by atoms with Crippen molar-refractivity contribution in [2.75, 3.05) is 52.5 Å². The van der Waals surface area contributed by atoms with E-state index >= 15 is 0 Å². The van der Waals surface area contributed by atoms with Crippen LogP contribution < -0.4 is 10.1 Å². The van der Waals surface area contributed by atoms with Crippen LogP contribution in [0.15, 0.2) is 35.9 Å². The van der Waals surface area contributed by atoms with E-state index in [9.17, 15) is 19.8 Å². The van der Waals surface area contributed by atoms with E-state index in [1.807, 2.05) is 24.3 Å². The van der Waals surface area contributed by atoms with Crippen molar-refractivity contribution in [3.05, 3.63) is 41.5 Å². The summed E-state index contributed by atoms with van der Waals surface area (Å²) in [6, 6.07) is 6.85. The first-order valence-electron chi connectivity index (χ1n) is 16.2. The fraction of sp³-hybridized carbons (Fsp3) is 0.697. The number of carbonyl (C=O) groups is 2. The van der Waals surface area contributed by atoms with Gasteiger partial charge in [0.25, 0.3) is 0 Å². The lowest BCUT2D eigenvalue weighted by Crippen LogP contribution is -2.57. The Morgan fingerprint density at radius 1 is 1.02 bits per heavy atom. The van der Waals surface area contributed by atoms with E-state index < -0.39 is 24.2 Å². The molecule has 0 spiro atoms. The quantitative estimate of drug-likeness (QED) is 0.240. The lowest BCUT2D eigenvalue weighted by Gasteiger charge is -2.41. The van der Waals surface area contributed by atoms with Crippen LogP contribution in [0.25, 0.3) is 0 Å². The second-order valence-electron chi connectivity index (χ2n) is 11.8. The molecule has 0 unspecified atom stereocenters. The first-order valence-corrected chi connectivity index (χ1v) is 16.2. The van der Waals surface area contributed by atoms with Gasteiger partial charge in [0.15, 0.2) is 0 Å². The van der Waals surface area contributed by atoms with Crippen LogP contribution in [0.4, 0.5) is 0 Å². The number of nitrogens with one attached hydrogen (secondary N) is 1. The van der Waals surface area contributed by atoms with Gasteiger partial charge in [-0.25, -0.2) is 0 Å². The second-order valence-corrected chi connectivity index (χ2v) is 11.8. The molecule has 1 saturated heterocycles. The van der Waals surface area contributed by atoms with E-state index in [1.54, 1.807) is 11.0 Å². The first kappa shape index (κ1) is 32.5. The molecule has 2 amide bonds. The number of unbranched alkanes of at least 4 members (excludes halogenated alkanes) is 8. The van der Waals surface area contributed by atoms with Crippen LogP contribution in [-0.4, -0.2) is 103 Å². The molecule has 234 valence electrons. The minimum absolute atomic E-state index is 0.00409. The minimum Gasteiger partial charge on any atom is -0.486 e. The van der Waals surface area contributed by atoms with E-state index in [0.29, 0.717) is 44.0 Å². The maximum absolute atomic E-state index is 13.8. The van der Waals surface area contributed by atoms with Crippen LogP contribution in [0.3, 0.4) is 0 Å². The fourth-order valence-electron chi connectivity index (χ4n) is 6.44. The van der Waals surface area contributed by atoms with Gasteiger partial charge in [0.2, 0.25) is 11.8 Å². The van der Waals surface area contributed by atoms with Crippen molar-refractivity contribution >= 4 is 11.8 Å². The summed E-state index contributed by atoms with van der Waals surface area (Å²) >= 11 is 0. The average Bonchev–Trinajstić information content (AvgIpc) is 3.41. The van der Waals surface area contributed by atoms with Crippen molar-refractivity contribution in [1.82, 2.24) is 15.1 Å². The van der Waals surface area contributed by atoms with Crippen LogP contribution in [0.5, 0.6) is 5.75 Å². The second kappa shape index (κ2) is 17.0. The smallest absolute Gasteiger partial charge is 0.247 e. The summed E-state index contributed by atoms with van der Waals surface area (Å²) in [4.78, 5) is 31.2. The molecule has 0 radical (unpaired) electrons. The average molecular weight is 586 g/mol. The number of ether oxygens (including phenoxy) is 2. The molecule has 1 aromatic carbocycles. The molecular weight excluding hydrogens is 534 g/mol. The number of hydrogen-bond donors (Lipinski definition) is 3. The molecule has 2 heterocycles. The van der Waals surface area contributed by atoms with Crippen molar-refractivity contribution < 1.29 is 29.3 Å². The molecule has 1 fully saturated rings. The molecule has 1 aliphatic carbocycles. The Bertz CT molecular complexity index is 1030. The summed E-state index contributed by atoms with van der Waals surface area (Å²) in [7, 11) is 0. The Balaban J connectivity index is 1.48. The van der Waals surface area contributed by atoms with Crippen LogP contribution in [0.1, 0.15) is 82.6 Å². The van der Waals surface area contributed by atoms with E-state index in [1.165, 1.54) is 38.5 Å². The summed E-state index contributed by atoms with van der Waals surface area (Å²) < 4.78 is 11.7. The molecule has 9 heteroatoms. The minimum atomic E-state index is -0.992. The maximum Gasteiger partial charge on any atom is 0.247 e. The van der Waals surface area contributed by atoms with Gasteiger partial charge in [-0.3, -0.25) is 14.5 Å². The van der Waals surface area contributed by atoms with Crippen LogP contribution in [-0.2, 0) is 14.3 Å². The third-order valence-corrected chi connectivity index (χ3v) is 8.81. The molecule has 0 saturated carbocycles. The number of hydrogen-bond acceptors (Lipinski definition) is 7. The van der Waals surface area contributed by atoms with Gasteiger partial charge in [-0.1, -0.05) is 76.5 Å². The summed E-state index contributed by atoms with van der Waals surface area (Å²) in [6.45, 7) is 6.26. The lowest BCUT2D eigenvalue weighted by molar-refractivity contribution is -0.137. The van der Waals surface area contributed by atoms with Crippen LogP contribution >= 0.6 is 0 Å². The Morgan fingerprint density at radius 2 is 1.71 bits per heavy atom. The van der Waals surface area contributed by atoms with Gasteiger partial charge in [0, 0.05) is 50.3 Å². The Morgan fingerprint density at radius 3 is 2.43 bits per heavy atom. The molecule has 3 aliphatic rings. The summed E-state index contributed by atoms with van der Waals surface area (Å²) in [5.41, 5.74) is 1.33. The third kappa shape index (κ3) is 8.56.